The Balaban J connectivity index is 0.929. The van der Waals surface area contributed by atoms with Crippen LogP contribution in [0.4, 0.5) is 17.1 Å². The van der Waals surface area contributed by atoms with E-state index in [0.717, 1.165) is 17.1 Å². The van der Waals surface area contributed by atoms with Crippen LogP contribution in [0.25, 0.3) is 103 Å². The molecule has 0 unspecified atom stereocenters. The van der Waals surface area contributed by atoms with E-state index in [1.165, 1.54) is 103 Å². The number of fused-ring (bicyclic) bond motifs is 9. The third-order valence-corrected chi connectivity index (χ3v) is 14.3. The van der Waals surface area contributed by atoms with Gasteiger partial charge in [-0.25, -0.2) is 0 Å². The maximum Gasteiger partial charge on any atom is 0.0547 e. The molecule has 0 saturated carbocycles. The SMILES string of the molecule is c1ccc(-c2ccc(N(c3ccc(-c4ccc5c(ccc6ccccc65)c4)cc3)c3cccc(-c4cccc5c4c4ccccc4n5-c4ccc5c(c4)sc4ccccc45)c3)cc2)cc1. The topological polar surface area (TPSA) is 8.17 Å². The number of nitrogens with zero attached hydrogens (tertiary/aromatic N) is 2. The second-order valence-electron chi connectivity index (χ2n) is 16.9. The summed E-state index contributed by atoms with van der Waals surface area (Å²) in [5.41, 5.74) is 14.0. The molecule has 13 rings (SSSR count). The van der Waals surface area contributed by atoms with E-state index >= 15 is 0 Å². The maximum absolute atomic E-state index is 2.45. The average molecular weight is 845 g/mol. The third-order valence-electron chi connectivity index (χ3n) is 13.2. The number of thiophene rings is 1. The summed E-state index contributed by atoms with van der Waals surface area (Å²) >= 11 is 1.87. The van der Waals surface area contributed by atoms with Crippen molar-refractivity contribution in [2.75, 3.05) is 4.90 Å². The predicted molar refractivity (Wildman–Crippen MR) is 280 cm³/mol. The van der Waals surface area contributed by atoms with Crippen molar-refractivity contribution in [3.8, 4) is 39.1 Å². The van der Waals surface area contributed by atoms with Crippen molar-refractivity contribution in [2.24, 2.45) is 0 Å². The first-order chi connectivity index (χ1) is 32.2. The molecule has 0 aliphatic carbocycles. The van der Waals surface area contributed by atoms with Crippen molar-refractivity contribution >= 4 is 91.9 Å². The van der Waals surface area contributed by atoms with Gasteiger partial charge in [-0.15, -0.1) is 11.3 Å². The highest BCUT2D eigenvalue weighted by molar-refractivity contribution is 7.25. The van der Waals surface area contributed by atoms with E-state index in [-0.39, 0.29) is 0 Å². The van der Waals surface area contributed by atoms with E-state index in [1.54, 1.807) is 0 Å². The Kier molecular flexibility index (Phi) is 8.75. The minimum absolute atomic E-state index is 1.09. The standard InChI is InChI=1S/C62H40N2S/c1-2-12-41(13-3-1)42-26-31-48(32-27-42)63(49-33-28-43(29-34-49)45-30-36-53-47(38-45)25-24-44-14-4-5-17-52(44)53)50-16-10-15-46(39-50)54-20-11-22-59-62(54)57-19-6-8-21-58(57)64(59)51-35-37-56-55-18-7-9-23-60(55)65-61(56)40-51/h1-40H. The van der Waals surface area contributed by atoms with Crippen LogP contribution in [0.5, 0.6) is 0 Å². The van der Waals surface area contributed by atoms with Crippen LogP contribution in [0.15, 0.2) is 243 Å². The zero-order chi connectivity index (χ0) is 42.8. The molecular formula is C62H40N2S. The summed E-state index contributed by atoms with van der Waals surface area (Å²) in [7, 11) is 0. The van der Waals surface area contributed by atoms with Gasteiger partial charge in [-0.3, -0.25) is 0 Å². The summed E-state index contributed by atoms with van der Waals surface area (Å²) in [6, 6.07) is 89.0. The van der Waals surface area contributed by atoms with Gasteiger partial charge in [-0.2, -0.15) is 0 Å². The van der Waals surface area contributed by atoms with Crippen LogP contribution >= 0.6 is 11.3 Å². The molecule has 65 heavy (non-hydrogen) atoms. The first-order valence-corrected chi connectivity index (χ1v) is 23.1. The van der Waals surface area contributed by atoms with Gasteiger partial charge in [0, 0.05) is 53.7 Å². The molecular weight excluding hydrogens is 805 g/mol. The van der Waals surface area contributed by atoms with Crippen molar-refractivity contribution in [1.82, 2.24) is 4.57 Å². The smallest absolute Gasteiger partial charge is 0.0547 e. The molecule has 304 valence electrons. The molecule has 0 saturated heterocycles. The van der Waals surface area contributed by atoms with Gasteiger partial charge in [0.05, 0.1) is 11.0 Å². The van der Waals surface area contributed by atoms with Gasteiger partial charge in [0.1, 0.15) is 0 Å². The lowest BCUT2D eigenvalue weighted by Gasteiger charge is -2.26. The Morgan fingerprint density at radius 1 is 0.308 bits per heavy atom. The Hall–Kier alpha value is -8.24. The Morgan fingerprint density at radius 2 is 0.892 bits per heavy atom. The first-order valence-electron chi connectivity index (χ1n) is 22.2. The fourth-order valence-corrected chi connectivity index (χ4v) is 11.2. The Morgan fingerprint density at radius 3 is 1.72 bits per heavy atom. The van der Waals surface area contributed by atoms with Crippen LogP contribution in [-0.2, 0) is 0 Å². The van der Waals surface area contributed by atoms with Crippen molar-refractivity contribution < 1.29 is 0 Å². The lowest BCUT2D eigenvalue weighted by Crippen LogP contribution is -2.10. The Bertz CT molecular complexity index is 3930. The molecule has 2 heterocycles. The normalized spacial score (nSPS) is 11.7. The van der Waals surface area contributed by atoms with E-state index in [4.69, 9.17) is 0 Å². The van der Waals surface area contributed by atoms with Crippen LogP contribution < -0.4 is 4.90 Å². The molecule has 0 N–H and O–H groups in total. The number of hydrogen-bond acceptors (Lipinski definition) is 2. The van der Waals surface area contributed by atoms with Gasteiger partial charge >= 0.3 is 0 Å². The van der Waals surface area contributed by atoms with Gasteiger partial charge in [-0.05, 0) is 128 Å². The molecule has 11 aromatic carbocycles. The van der Waals surface area contributed by atoms with Gasteiger partial charge < -0.3 is 9.47 Å². The molecule has 0 amide bonds. The van der Waals surface area contributed by atoms with Crippen molar-refractivity contribution in [1.29, 1.82) is 0 Å². The van der Waals surface area contributed by atoms with Crippen LogP contribution in [0, 0.1) is 0 Å². The summed E-state index contributed by atoms with van der Waals surface area (Å²) in [4.78, 5) is 2.39. The van der Waals surface area contributed by atoms with Crippen LogP contribution in [0.3, 0.4) is 0 Å². The fraction of sp³-hybridized carbons (Fsp3) is 0. The highest BCUT2D eigenvalue weighted by Gasteiger charge is 2.19. The highest BCUT2D eigenvalue weighted by Crippen LogP contribution is 2.43. The molecule has 0 aliphatic heterocycles. The Labute approximate surface area is 381 Å². The minimum Gasteiger partial charge on any atom is -0.310 e. The van der Waals surface area contributed by atoms with Crippen LogP contribution in [0.1, 0.15) is 0 Å². The van der Waals surface area contributed by atoms with Gasteiger partial charge in [0.25, 0.3) is 0 Å². The monoisotopic (exact) mass is 844 g/mol. The predicted octanol–water partition coefficient (Wildman–Crippen LogP) is 17.9. The molecule has 0 aliphatic rings. The average Bonchev–Trinajstić information content (AvgIpc) is 3.92. The van der Waals surface area contributed by atoms with Crippen LogP contribution in [0.2, 0.25) is 0 Å². The molecule has 0 radical (unpaired) electrons. The quantitative estimate of drug-likeness (QED) is 0.145. The summed E-state index contributed by atoms with van der Waals surface area (Å²) < 4.78 is 5.07. The highest BCUT2D eigenvalue weighted by atomic mass is 32.1. The molecule has 0 atom stereocenters. The van der Waals surface area contributed by atoms with Gasteiger partial charge in [0.2, 0.25) is 0 Å². The molecule has 0 spiro atoms. The fourth-order valence-electron chi connectivity index (χ4n) is 10.1. The van der Waals surface area contributed by atoms with Crippen molar-refractivity contribution in [3.63, 3.8) is 0 Å². The van der Waals surface area contributed by atoms with Crippen molar-refractivity contribution in [3.05, 3.63) is 243 Å². The zero-order valence-corrected chi connectivity index (χ0v) is 36.2. The molecule has 3 heteroatoms. The zero-order valence-electron chi connectivity index (χ0n) is 35.4. The number of benzene rings is 11. The van der Waals surface area contributed by atoms with Crippen molar-refractivity contribution in [2.45, 2.75) is 0 Å². The number of rotatable bonds is 7. The second kappa shape index (κ2) is 15.2. The minimum atomic E-state index is 1.09. The molecule has 0 fully saturated rings. The van der Waals surface area contributed by atoms with Gasteiger partial charge in [-0.1, -0.05) is 170 Å². The van der Waals surface area contributed by atoms with Gasteiger partial charge in [0.15, 0.2) is 0 Å². The molecule has 2 aromatic heterocycles. The van der Waals surface area contributed by atoms with Crippen LogP contribution in [-0.4, -0.2) is 4.57 Å². The van der Waals surface area contributed by atoms with E-state index < -0.39 is 0 Å². The van der Waals surface area contributed by atoms with E-state index in [0.29, 0.717) is 0 Å². The number of anilines is 3. The lowest BCUT2D eigenvalue weighted by atomic mass is 9.97. The van der Waals surface area contributed by atoms with E-state index in [9.17, 15) is 0 Å². The molecule has 0 bridgehead atoms. The number of para-hydroxylation sites is 1. The number of aromatic nitrogens is 1. The largest absolute Gasteiger partial charge is 0.310 e. The first kappa shape index (κ1) is 37.3. The molecule has 13 aromatic rings. The summed E-state index contributed by atoms with van der Waals surface area (Å²) in [5.74, 6) is 0. The molecule has 2 nitrogen and oxygen atoms in total. The summed E-state index contributed by atoms with van der Waals surface area (Å²) in [5, 5.41) is 10.2. The summed E-state index contributed by atoms with van der Waals surface area (Å²) in [6.07, 6.45) is 0. The lowest BCUT2D eigenvalue weighted by molar-refractivity contribution is 1.19. The second-order valence-corrected chi connectivity index (χ2v) is 18.0. The number of hydrogen-bond donors (Lipinski definition) is 0. The van der Waals surface area contributed by atoms with E-state index in [1.807, 2.05) is 11.3 Å². The maximum atomic E-state index is 2.45. The third kappa shape index (κ3) is 6.31. The summed E-state index contributed by atoms with van der Waals surface area (Å²) in [6.45, 7) is 0. The van der Waals surface area contributed by atoms with E-state index in [2.05, 4.69) is 252 Å².